The number of allylic oxidation sites excluding steroid dienone is 1. The largest absolute Gasteiger partial charge is 0.457 e. The molecular formula is C19H32O2. The van der Waals surface area contributed by atoms with E-state index in [0.717, 1.165) is 12.8 Å². The summed E-state index contributed by atoms with van der Waals surface area (Å²) in [6.45, 7) is 4.58. The normalized spacial score (nSPS) is 37.9. The molecule has 0 saturated carbocycles. The Balaban J connectivity index is 2.00. The van der Waals surface area contributed by atoms with Crippen LogP contribution in [-0.2, 0) is 9.53 Å². The first-order chi connectivity index (χ1) is 10.1. The Bertz CT molecular complexity index is 361. The lowest BCUT2D eigenvalue weighted by Gasteiger charge is -2.29. The second-order valence-corrected chi connectivity index (χ2v) is 7.53. The van der Waals surface area contributed by atoms with Crippen molar-refractivity contribution in [2.75, 3.05) is 0 Å². The minimum Gasteiger partial charge on any atom is -0.457 e. The summed E-state index contributed by atoms with van der Waals surface area (Å²) in [6, 6.07) is 0. The molecule has 0 radical (unpaired) electrons. The first-order valence-corrected chi connectivity index (χ1v) is 8.96. The first kappa shape index (κ1) is 16.6. The van der Waals surface area contributed by atoms with Crippen LogP contribution in [0, 0.1) is 11.3 Å². The number of carbonyl (C=O) groups excluding carboxylic acids is 1. The highest BCUT2D eigenvalue weighted by molar-refractivity contribution is 5.73. The van der Waals surface area contributed by atoms with Crippen molar-refractivity contribution in [3.8, 4) is 0 Å². The highest BCUT2D eigenvalue weighted by Crippen LogP contribution is 2.42. The molecule has 2 nitrogen and oxygen atoms in total. The highest BCUT2D eigenvalue weighted by Gasteiger charge is 2.44. The predicted molar refractivity (Wildman–Crippen MR) is 87.1 cm³/mol. The minimum absolute atomic E-state index is 0.00224. The van der Waals surface area contributed by atoms with Crippen LogP contribution < -0.4 is 0 Å². The van der Waals surface area contributed by atoms with E-state index in [4.69, 9.17) is 4.74 Å². The summed E-state index contributed by atoms with van der Waals surface area (Å²) < 4.78 is 5.58. The molecule has 0 aromatic carbocycles. The fourth-order valence-electron chi connectivity index (χ4n) is 3.97. The van der Waals surface area contributed by atoms with Gasteiger partial charge in [-0.15, -0.1) is 0 Å². The maximum Gasteiger partial charge on any atom is 0.307 e. The molecule has 120 valence electrons. The Labute approximate surface area is 130 Å². The number of rotatable bonds is 0. The molecular weight excluding hydrogens is 260 g/mol. The third-order valence-electron chi connectivity index (χ3n) is 5.19. The average Bonchev–Trinajstić information content (AvgIpc) is 2.69. The van der Waals surface area contributed by atoms with E-state index in [-0.39, 0.29) is 17.5 Å². The molecule has 1 fully saturated rings. The van der Waals surface area contributed by atoms with Crippen LogP contribution in [-0.4, -0.2) is 12.1 Å². The summed E-state index contributed by atoms with van der Waals surface area (Å²) in [7, 11) is 0. The molecule has 1 aliphatic heterocycles. The Morgan fingerprint density at radius 3 is 2.52 bits per heavy atom. The summed E-state index contributed by atoms with van der Waals surface area (Å²) in [6.07, 6.45) is 18.0. The van der Waals surface area contributed by atoms with Gasteiger partial charge in [-0.25, -0.2) is 0 Å². The highest BCUT2D eigenvalue weighted by atomic mass is 16.6. The van der Waals surface area contributed by atoms with Gasteiger partial charge in [0.25, 0.3) is 0 Å². The van der Waals surface area contributed by atoms with Gasteiger partial charge >= 0.3 is 5.97 Å². The summed E-state index contributed by atoms with van der Waals surface area (Å²) in [5.74, 6) is 0.672. The summed E-state index contributed by atoms with van der Waals surface area (Å²) in [4.78, 5) is 11.8. The third kappa shape index (κ3) is 5.16. The van der Waals surface area contributed by atoms with Gasteiger partial charge in [0.15, 0.2) is 0 Å². The lowest BCUT2D eigenvalue weighted by molar-refractivity contribution is -0.140. The molecule has 1 saturated heterocycles. The van der Waals surface area contributed by atoms with Crippen molar-refractivity contribution >= 4 is 5.97 Å². The molecule has 0 aromatic rings. The van der Waals surface area contributed by atoms with Gasteiger partial charge in [0.1, 0.15) is 6.10 Å². The van der Waals surface area contributed by atoms with Gasteiger partial charge in [-0.2, -0.15) is 0 Å². The fraction of sp³-hybridized carbons (Fsp3) is 0.842. The standard InChI is InChI=1S/C19H32O2/c1-16-12-10-8-6-4-3-5-7-9-11-13-17-19(2,14-16)15-18(20)21-17/h11,13,16-17H,3-10,12,14-15H2,1-2H3/b13-11-/t16?,17-,19-/m0/s1. The summed E-state index contributed by atoms with van der Waals surface area (Å²) in [5.41, 5.74) is 0.00712. The van der Waals surface area contributed by atoms with Gasteiger partial charge in [-0.3, -0.25) is 4.79 Å². The quantitative estimate of drug-likeness (QED) is 0.440. The zero-order valence-corrected chi connectivity index (χ0v) is 13.9. The van der Waals surface area contributed by atoms with Crippen LogP contribution in [0.4, 0.5) is 0 Å². The van der Waals surface area contributed by atoms with Crippen LogP contribution in [0.5, 0.6) is 0 Å². The van der Waals surface area contributed by atoms with Crippen molar-refractivity contribution in [2.24, 2.45) is 11.3 Å². The average molecular weight is 292 g/mol. The van der Waals surface area contributed by atoms with Gasteiger partial charge in [0.2, 0.25) is 0 Å². The van der Waals surface area contributed by atoms with Crippen molar-refractivity contribution < 1.29 is 9.53 Å². The van der Waals surface area contributed by atoms with Crippen LogP contribution in [0.15, 0.2) is 12.2 Å². The van der Waals surface area contributed by atoms with E-state index in [1.54, 1.807) is 0 Å². The number of hydrogen-bond acceptors (Lipinski definition) is 2. The molecule has 0 N–H and O–H groups in total. The fourth-order valence-corrected chi connectivity index (χ4v) is 3.97. The zero-order valence-electron chi connectivity index (χ0n) is 13.9. The molecule has 0 bridgehead atoms. The topological polar surface area (TPSA) is 26.3 Å². The Morgan fingerprint density at radius 2 is 1.76 bits per heavy atom. The SMILES string of the molecule is CC1CCCCCCCCC/C=C\[C@@H]2OC(=O)C[C@]2(C)C1. The molecule has 1 unspecified atom stereocenters. The Kier molecular flexibility index (Phi) is 6.32. The van der Waals surface area contributed by atoms with Crippen LogP contribution in [0.2, 0.25) is 0 Å². The first-order valence-electron chi connectivity index (χ1n) is 8.96. The molecule has 1 aliphatic carbocycles. The number of carbonyl (C=O) groups is 1. The van der Waals surface area contributed by atoms with E-state index < -0.39 is 0 Å². The van der Waals surface area contributed by atoms with E-state index in [1.165, 1.54) is 51.4 Å². The second kappa shape index (κ2) is 8.00. The molecule has 0 aromatic heterocycles. The maximum absolute atomic E-state index is 11.8. The molecule has 3 atom stereocenters. The number of hydrogen-bond donors (Lipinski definition) is 0. The van der Waals surface area contributed by atoms with Gasteiger partial charge in [0.05, 0.1) is 6.42 Å². The van der Waals surface area contributed by atoms with E-state index in [1.807, 2.05) is 0 Å². The zero-order chi connectivity index (χ0) is 15.1. The smallest absolute Gasteiger partial charge is 0.307 e. The second-order valence-electron chi connectivity index (χ2n) is 7.53. The van der Waals surface area contributed by atoms with Gasteiger partial charge in [0, 0.05) is 5.41 Å². The monoisotopic (exact) mass is 292 g/mol. The number of fused-ring (bicyclic) bond motifs is 1. The lowest BCUT2D eigenvalue weighted by Crippen LogP contribution is -2.28. The molecule has 2 rings (SSSR count). The summed E-state index contributed by atoms with van der Waals surface area (Å²) >= 11 is 0. The van der Waals surface area contributed by atoms with Gasteiger partial charge in [-0.05, 0) is 31.3 Å². The van der Waals surface area contributed by atoms with Crippen molar-refractivity contribution in [1.82, 2.24) is 0 Å². The summed E-state index contributed by atoms with van der Waals surface area (Å²) in [5, 5.41) is 0. The van der Waals surface area contributed by atoms with Crippen LogP contribution in [0.25, 0.3) is 0 Å². The molecule has 21 heavy (non-hydrogen) atoms. The third-order valence-corrected chi connectivity index (χ3v) is 5.19. The maximum atomic E-state index is 11.8. The number of ether oxygens (including phenoxy) is 1. The minimum atomic E-state index is -0.0135. The van der Waals surface area contributed by atoms with E-state index in [0.29, 0.717) is 12.3 Å². The van der Waals surface area contributed by atoms with Crippen LogP contribution in [0.1, 0.15) is 84.5 Å². The van der Waals surface area contributed by atoms with Gasteiger partial charge < -0.3 is 4.74 Å². The Hall–Kier alpha value is -0.790. The number of esters is 1. The van der Waals surface area contributed by atoms with Crippen LogP contribution in [0.3, 0.4) is 0 Å². The molecule has 0 spiro atoms. The molecule has 1 heterocycles. The molecule has 0 amide bonds. The predicted octanol–water partition coefficient (Wildman–Crippen LogP) is 5.42. The van der Waals surface area contributed by atoms with E-state index in [2.05, 4.69) is 26.0 Å². The van der Waals surface area contributed by atoms with E-state index >= 15 is 0 Å². The van der Waals surface area contributed by atoms with Crippen LogP contribution >= 0.6 is 0 Å². The Morgan fingerprint density at radius 1 is 1.10 bits per heavy atom. The van der Waals surface area contributed by atoms with Crippen molar-refractivity contribution in [1.29, 1.82) is 0 Å². The molecule has 2 heteroatoms. The van der Waals surface area contributed by atoms with Gasteiger partial charge in [-0.1, -0.05) is 64.9 Å². The van der Waals surface area contributed by atoms with Crippen molar-refractivity contribution in [3.63, 3.8) is 0 Å². The lowest BCUT2D eigenvalue weighted by atomic mass is 9.74. The van der Waals surface area contributed by atoms with E-state index in [9.17, 15) is 4.79 Å². The molecule has 2 aliphatic rings. The van der Waals surface area contributed by atoms with Crippen molar-refractivity contribution in [3.05, 3.63) is 12.2 Å². The van der Waals surface area contributed by atoms with Crippen molar-refractivity contribution in [2.45, 2.75) is 90.6 Å².